The van der Waals surface area contributed by atoms with E-state index in [1.165, 1.54) is 21.9 Å². The molecule has 6 aromatic rings. The van der Waals surface area contributed by atoms with Gasteiger partial charge in [-0.25, -0.2) is 4.21 Å². The van der Waals surface area contributed by atoms with Crippen molar-refractivity contribution in [2.75, 3.05) is 9.80 Å². The van der Waals surface area contributed by atoms with Crippen LogP contribution in [-0.4, -0.2) is 4.21 Å². The van der Waals surface area contributed by atoms with E-state index in [2.05, 4.69) is 120 Å². The Hall–Kier alpha value is -4.67. The summed E-state index contributed by atoms with van der Waals surface area (Å²) in [5.74, 6) is 0. The zero-order valence-corrected chi connectivity index (χ0v) is 22.2. The van der Waals surface area contributed by atoms with E-state index in [1.54, 1.807) is 0 Å². The fraction of sp³-hybridized carbons (Fsp3) is 0.0286. The number of hydrogen-bond donors (Lipinski definition) is 0. The number of fused-ring (bicyclic) bond motifs is 4. The van der Waals surface area contributed by atoms with Gasteiger partial charge in [0.15, 0.2) is 0 Å². The third-order valence-corrected chi connectivity index (χ3v) is 9.26. The SMILES string of the molecule is Cc1ccc(N2c3cc4c(cc3-c3cccc5cccc2c35)S(=O)c2ccccc2N4c2ccccc2)cc1. The number of nitrogens with zero attached hydrogens (tertiary/aromatic N) is 2. The van der Waals surface area contributed by atoms with E-state index in [1.807, 2.05) is 24.3 Å². The van der Waals surface area contributed by atoms with Crippen LogP contribution in [0.25, 0.3) is 21.9 Å². The van der Waals surface area contributed by atoms with Gasteiger partial charge in [0.2, 0.25) is 0 Å². The van der Waals surface area contributed by atoms with Gasteiger partial charge in [0.25, 0.3) is 0 Å². The van der Waals surface area contributed by atoms with E-state index in [-0.39, 0.29) is 0 Å². The molecule has 1 unspecified atom stereocenters. The molecule has 0 bridgehead atoms. The van der Waals surface area contributed by atoms with E-state index in [4.69, 9.17) is 0 Å². The number of para-hydroxylation sites is 2. The van der Waals surface area contributed by atoms with Crippen molar-refractivity contribution >= 4 is 55.7 Å². The number of hydrogen-bond acceptors (Lipinski definition) is 3. The highest BCUT2D eigenvalue weighted by atomic mass is 32.2. The molecule has 39 heavy (non-hydrogen) atoms. The summed E-state index contributed by atoms with van der Waals surface area (Å²) in [5.41, 5.74) is 9.78. The summed E-state index contributed by atoms with van der Waals surface area (Å²) >= 11 is 0. The van der Waals surface area contributed by atoms with Crippen molar-refractivity contribution in [2.45, 2.75) is 16.7 Å². The Labute approximate surface area is 230 Å². The summed E-state index contributed by atoms with van der Waals surface area (Å²) < 4.78 is 14.1. The lowest BCUT2D eigenvalue weighted by Crippen LogP contribution is -2.21. The molecule has 0 amide bonds. The molecule has 2 heterocycles. The molecule has 0 aromatic heterocycles. The van der Waals surface area contributed by atoms with Crippen LogP contribution in [0.3, 0.4) is 0 Å². The number of rotatable bonds is 2. The van der Waals surface area contributed by atoms with Gasteiger partial charge in [-0.15, -0.1) is 0 Å². The molecule has 0 saturated carbocycles. The lowest BCUT2D eigenvalue weighted by atomic mass is 9.90. The molecule has 4 heteroatoms. The van der Waals surface area contributed by atoms with Crippen LogP contribution in [0.4, 0.5) is 34.1 Å². The van der Waals surface area contributed by atoms with Gasteiger partial charge in [0, 0.05) is 22.3 Å². The topological polar surface area (TPSA) is 23.6 Å². The zero-order valence-electron chi connectivity index (χ0n) is 21.3. The number of benzene rings is 6. The average Bonchev–Trinajstić information content (AvgIpc) is 2.98. The summed E-state index contributed by atoms with van der Waals surface area (Å²) in [6.45, 7) is 2.12. The molecule has 0 aliphatic carbocycles. The van der Waals surface area contributed by atoms with Crippen LogP contribution >= 0.6 is 0 Å². The first-order valence-corrected chi connectivity index (χ1v) is 14.3. The minimum atomic E-state index is -1.31. The highest BCUT2D eigenvalue weighted by Crippen LogP contribution is 2.55. The molecule has 0 radical (unpaired) electrons. The fourth-order valence-electron chi connectivity index (χ4n) is 6.02. The highest BCUT2D eigenvalue weighted by Gasteiger charge is 2.34. The van der Waals surface area contributed by atoms with Crippen molar-refractivity contribution in [1.82, 2.24) is 0 Å². The Morgan fingerprint density at radius 2 is 1.18 bits per heavy atom. The molecule has 0 spiro atoms. The number of aryl methyl sites for hydroxylation is 1. The third-order valence-electron chi connectivity index (χ3n) is 7.79. The zero-order chi connectivity index (χ0) is 26.1. The summed E-state index contributed by atoms with van der Waals surface area (Å²) in [4.78, 5) is 6.27. The van der Waals surface area contributed by atoms with Crippen LogP contribution in [-0.2, 0) is 10.8 Å². The molecular weight excluding hydrogens is 496 g/mol. The largest absolute Gasteiger partial charge is 0.309 e. The van der Waals surface area contributed by atoms with Crippen LogP contribution < -0.4 is 9.80 Å². The molecule has 8 rings (SSSR count). The minimum absolute atomic E-state index is 0.830. The van der Waals surface area contributed by atoms with Crippen LogP contribution in [0, 0.1) is 6.92 Å². The fourth-order valence-corrected chi connectivity index (χ4v) is 7.37. The molecular formula is C35H24N2OS. The summed E-state index contributed by atoms with van der Waals surface area (Å²) in [6, 6.07) is 44.5. The van der Waals surface area contributed by atoms with Crippen LogP contribution in [0.5, 0.6) is 0 Å². The van der Waals surface area contributed by atoms with Gasteiger partial charge >= 0.3 is 0 Å². The van der Waals surface area contributed by atoms with E-state index in [0.717, 1.165) is 49.5 Å². The summed E-state index contributed by atoms with van der Waals surface area (Å²) in [6.07, 6.45) is 0. The van der Waals surface area contributed by atoms with E-state index >= 15 is 0 Å². The van der Waals surface area contributed by atoms with Gasteiger partial charge in [-0.1, -0.05) is 78.4 Å². The molecule has 0 saturated heterocycles. The first-order chi connectivity index (χ1) is 19.2. The Morgan fingerprint density at radius 3 is 2.00 bits per heavy atom. The van der Waals surface area contributed by atoms with Crippen LogP contribution in [0.1, 0.15) is 5.56 Å². The van der Waals surface area contributed by atoms with Crippen molar-refractivity contribution in [1.29, 1.82) is 0 Å². The van der Waals surface area contributed by atoms with Crippen molar-refractivity contribution < 1.29 is 4.21 Å². The van der Waals surface area contributed by atoms with E-state index in [9.17, 15) is 4.21 Å². The highest BCUT2D eigenvalue weighted by molar-refractivity contribution is 7.85. The number of anilines is 6. The lowest BCUT2D eigenvalue weighted by Gasteiger charge is -2.38. The standard InChI is InChI=1S/C35H24N2OS/c1-23-17-19-26(20-18-23)37-30-15-8-10-24-9-7-13-27(35(24)30)28-21-34-32(22-31(28)37)36(25-11-3-2-4-12-25)29-14-5-6-16-33(29)39(34)38/h2-22H,1H3. The minimum Gasteiger partial charge on any atom is -0.309 e. The second-order valence-corrected chi connectivity index (χ2v) is 11.5. The van der Waals surface area contributed by atoms with Crippen LogP contribution in [0.15, 0.2) is 137 Å². The predicted molar refractivity (Wildman–Crippen MR) is 162 cm³/mol. The second kappa shape index (κ2) is 8.42. The maximum atomic E-state index is 14.1. The van der Waals surface area contributed by atoms with Gasteiger partial charge in [-0.05, 0) is 72.5 Å². The molecule has 2 aliphatic heterocycles. The second-order valence-electron chi connectivity index (χ2n) is 10.1. The molecule has 0 fully saturated rings. The third kappa shape index (κ3) is 3.25. The maximum Gasteiger partial charge on any atom is 0.0892 e. The molecule has 0 N–H and O–H groups in total. The Kier molecular flexibility index (Phi) is 4.82. The smallest absolute Gasteiger partial charge is 0.0892 e. The van der Waals surface area contributed by atoms with Crippen molar-refractivity contribution in [3.05, 3.63) is 133 Å². The van der Waals surface area contributed by atoms with Gasteiger partial charge in [-0.3, -0.25) is 0 Å². The Morgan fingerprint density at radius 1 is 0.513 bits per heavy atom. The molecule has 186 valence electrons. The van der Waals surface area contributed by atoms with Crippen molar-refractivity contribution in [3.8, 4) is 11.1 Å². The van der Waals surface area contributed by atoms with E-state index < -0.39 is 10.8 Å². The normalized spacial score (nSPS) is 15.1. The van der Waals surface area contributed by atoms with Gasteiger partial charge < -0.3 is 9.80 Å². The van der Waals surface area contributed by atoms with Gasteiger partial charge in [0.05, 0.1) is 43.3 Å². The molecule has 2 aliphatic rings. The van der Waals surface area contributed by atoms with Crippen molar-refractivity contribution in [3.63, 3.8) is 0 Å². The molecule has 6 aromatic carbocycles. The van der Waals surface area contributed by atoms with Gasteiger partial charge in [0.1, 0.15) is 0 Å². The van der Waals surface area contributed by atoms with Gasteiger partial charge in [-0.2, -0.15) is 0 Å². The average molecular weight is 521 g/mol. The van der Waals surface area contributed by atoms with Crippen molar-refractivity contribution in [2.24, 2.45) is 0 Å². The monoisotopic (exact) mass is 520 g/mol. The first-order valence-electron chi connectivity index (χ1n) is 13.1. The summed E-state index contributed by atoms with van der Waals surface area (Å²) in [7, 11) is -1.31. The maximum absolute atomic E-state index is 14.1. The summed E-state index contributed by atoms with van der Waals surface area (Å²) in [5, 5.41) is 2.41. The van der Waals surface area contributed by atoms with Crippen LogP contribution in [0.2, 0.25) is 0 Å². The lowest BCUT2D eigenvalue weighted by molar-refractivity contribution is 0.682. The van der Waals surface area contributed by atoms with E-state index in [0.29, 0.717) is 0 Å². The molecule has 1 atom stereocenters. The Bertz CT molecular complexity index is 1940. The quantitative estimate of drug-likeness (QED) is 0.227. The first kappa shape index (κ1) is 22.3. The Balaban J connectivity index is 1.48. The molecule has 3 nitrogen and oxygen atoms in total. The predicted octanol–water partition coefficient (Wildman–Crippen LogP) is 9.55.